The fraction of sp³-hybridized carbons (Fsp3) is 0.417. The molecule has 0 aliphatic carbocycles. The Bertz CT molecular complexity index is 1280. The molecule has 1 unspecified atom stereocenters. The van der Waals surface area contributed by atoms with E-state index in [2.05, 4.69) is 14.6 Å². The Morgan fingerprint density at radius 2 is 1.88 bits per heavy atom. The van der Waals surface area contributed by atoms with Crippen molar-refractivity contribution in [1.29, 1.82) is 0 Å². The SMILES string of the molecule is Cc1nc2ccc(S(=O)(=O)NC(CC(C)C)C(=O)N3CCN(c4cccc(Cl)c4)CC3)cc2s1. The summed E-state index contributed by atoms with van der Waals surface area (Å²) >= 11 is 7.57. The first kappa shape index (κ1) is 24.9. The third-order valence-electron chi connectivity index (χ3n) is 5.84. The van der Waals surface area contributed by atoms with Gasteiger partial charge in [-0.3, -0.25) is 4.79 Å². The number of carbonyl (C=O) groups is 1. The van der Waals surface area contributed by atoms with E-state index in [1.807, 2.05) is 45.0 Å². The lowest BCUT2D eigenvalue weighted by Gasteiger charge is -2.38. The van der Waals surface area contributed by atoms with Crippen LogP contribution in [0.2, 0.25) is 5.02 Å². The molecule has 0 bridgehead atoms. The van der Waals surface area contributed by atoms with Gasteiger partial charge in [-0.2, -0.15) is 4.72 Å². The topological polar surface area (TPSA) is 82.6 Å². The van der Waals surface area contributed by atoms with E-state index in [4.69, 9.17) is 11.6 Å². The Morgan fingerprint density at radius 3 is 2.56 bits per heavy atom. The van der Waals surface area contributed by atoms with Crippen LogP contribution in [-0.2, 0) is 14.8 Å². The predicted octanol–water partition coefficient (Wildman–Crippen LogP) is 4.30. The third-order valence-corrected chi connectivity index (χ3v) is 8.48. The highest BCUT2D eigenvalue weighted by atomic mass is 35.5. The van der Waals surface area contributed by atoms with Crippen LogP contribution in [0.1, 0.15) is 25.3 Å². The maximum Gasteiger partial charge on any atom is 0.241 e. The Kier molecular flexibility index (Phi) is 7.47. The van der Waals surface area contributed by atoms with Gasteiger partial charge in [0.15, 0.2) is 0 Å². The number of anilines is 1. The standard InChI is InChI=1S/C24H29ClN4O3S2/c1-16(2)13-22(27-34(31,32)20-7-8-21-23(15-20)33-17(3)26-21)24(30)29-11-9-28(10-12-29)19-6-4-5-18(25)14-19/h4-8,14-16,22,27H,9-13H2,1-3H3. The first-order chi connectivity index (χ1) is 16.1. The molecule has 10 heteroatoms. The van der Waals surface area contributed by atoms with Crippen LogP contribution in [0.25, 0.3) is 10.2 Å². The van der Waals surface area contributed by atoms with Crippen LogP contribution < -0.4 is 9.62 Å². The maximum atomic E-state index is 13.4. The number of rotatable bonds is 7. The fourth-order valence-corrected chi connectivity index (χ4v) is 6.55. The van der Waals surface area contributed by atoms with E-state index in [0.717, 1.165) is 20.9 Å². The Hall–Kier alpha value is -2.20. The second-order valence-corrected chi connectivity index (χ2v) is 12.3. The van der Waals surface area contributed by atoms with Crippen LogP contribution in [0.4, 0.5) is 5.69 Å². The first-order valence-electron chi connectivity index (χ1n) is 11.3. The van der Waals surface area contributed by atoms with Gasteiger partial charge in [0.05, 0.1) is 20.1 Å². The van der Waals surface area contributed by atoms with Gasteiger partial charge in [-0.05, 0) is 55.7 Å². The number of amides is 1. The zero-order valence-electron chi connectivity index (χ0n) is 19.5. The Labute approximate surface area is 209 Å². The third kappa shape index (κ3) is 5.71. The number of aryl methyl sites for hydroxylation is 1. The molecule has 1 fully saturated rings. The summed E-state index contributed by atoms with van der Waals surface area (Å²) < 4.78 is 29.9. The van der Waals surface area contributed by atoms with E-state index in [1.165, 1.54) is 11.3 Å². The lowest BCUT2D eigenvalue weighted by Crippen LogP contribution is -2.55. The largest absolute Gasteiger partial charge is 0.368 e. The van der Waals surface area contributed by atoms with E-state index >= 15 is 0 Å². The van der Waals surface area contributed by atoms with Gasteiger partial charge in [0.2, 0.25) is 15.9 Å². The van der Waals surface area contributed by atoms with Gasteiger partial charge in [0, 0.05) is 36.9 Å². The number of aromatic nitrogens is 1. The van der Waals surface area contributed by atoms with E-state index in [9.17, 15) is 13.2 Å². The van der Waals surface area contributed by atoms with Crippen molar-refractivity contribution in [2.24, 2.45) is 5.92 Å². The molecule has 1 saturated heterocycles. The van der Waals surface area contributed by atoms with Crippen molar-refractivity contribution < 1.29 is 13.2 Å². The Morgan fingerprint density at radius 1 is 1.15 bits per heavy atom. The lowest BCUT2D eigenvalue weighted by atomic mass is 10.0. The van der Waals surface area contributed by atoms with Crippen molar-refractivity contribution in [3.05, 3.63) is 52.5 Å². The van der Waals surface area contributed by atoms with Gasteiger partial charge in [0.1, 0.15) is 6.04 Å². The summed E-state index contributed by atoms with van der Waals surface area (Å²) in [5.74, 6) is -0.0336. The monoisotopic (exact) mass is 520 g/mol. The number of nitrogens with zero attached hydrogens (tertiary/aromatic N) is 3. The fourth-order valence-electron chi connectivity index (χ4n) is 4.19. The summed E-state index contributed by atoms with van der Waals surface area (Å²) in [6.07, 6.45) is 0.425. The summed E-state index contributed by atoms with van der Waals surface area (Å²) in [5, 5.41) is 1.55. The molecule has 0 radical (unpaired) electrons. The zero-order chi connectivity index (χ0) is 24.5. The maximum absolute atomic E-state index is 13.4. The molecule has 1 aliphatic rings. The molecule has 1 aromatic heterocycles. The molecule has 0 saturated carbocycles. The highest BCUT2D eigenvalue weighted by Gasteiger charge is 2.32. The number of halogens is 1. The number of hydrogen-bond acceptors (Lipinski definition) is 6. The molecule has 0 spiro atoms. The van der Waals surface area contributed by atoms with Crippen LogP contribution in [0.3, 0.4) is 0 Å². The average Bonchev–Trinajstić information content (AvgIpc) is 3.17. The molecule has 2 aromatic carbocycles. The summed E-state index contributed by atoms with van der Waals surface area (Å²) in [6.45, 7) is 8.22. The number of fused-ring (bicyclic) bond motifs is 1. The van der Waals surface area contributed by atoms with Crippen molar-refractivity contribution in [3.63, 3.8) is 0 Å². The molecule has 1 amide bonds. The van der Waals surface area contributed by atoms with Gasteiger partial charge in [-0.15, -0.1) is 11.3 Å². The Balaban J connectivity index is 1.48. The van der Waals surface area contributed by atoms with Crippen molar-refractivity contribution in [2.75, 3.05) is 31.1 Å². The van der Waals surface area contributed by atoms with Crippen molar-refractivity contribution in [2.45, 2.75) is 38.1 Å². The van der Waals surface area contributed by atoms with Gasteiger partial charge in [0.25, 0.3) is 0 Å². The number of benzene rings is 2. The molecule has 1 aliphatic heterocycles. The van der Waals surface area contributed by atoms with Gasteiger partial charge < -0.3 is 9.80 Å². The number of sulfonamides is 1. The number of piperazine rings is 1. The number of thiazole rings is 1. The normalized spacial score (nSPS) is 15.8. The number of hydrogen-bond donors (Lipinski definition) is 1. The molecule has 182 valence electrons. The summed E-state index contributed by atoms with van der Waals surface area (Å²) in [7, 11) is -3.87. The molecule has 7 nitrogen and oxygen atoms in total. The molecule has 1 N–H and O–H groups in total. The summed E-state index contributed by atoms with van der Waals surface area (Å²) in [5.41, 5.74) is 1.79. The summed E-state index contributed by atoms with van der Waals surface area (Å²) in [6, 6.07) is 11.7. The number of nitrogens with one attached hydrogen (secondary N) is 1. The zero-order valence-corrected chi connectivity index (χ0v) is 21.9. The van der Waals surface area contributed by atoms with Crippen LogP contribution in [0.5, 0.6) is 0 Å². The molecule has 1 atom stereocenters. The van der Waals surface area contributed by atoms with E-state index in [1.54, 1.807) is 23.1 Å². The lowest BCUT2D eigenvalue weighted by molar-refractivity contribution is -0.133. The van der Waals surface area contributed by atoms with Crippen LogP contribution in [0.15, 0.2) is 47.4 Å². The minimum Gasteiger partial charge on any atom is -0.368 e. The van der Waals surface area contributed by atoms with E-state index in [0.29, 0.717) is 37.6 Å². The molecular weight excluding hydrogens is 492 g/mol. The molecule has 3 aromatic rings. The molecule has 4 rings (SSSR count). The first-order valence-corrected chi connectivity index (χ1v) is 14.0. The van der Waals surface area contributed by atoms with Gasteiger partial charge in [-0.25, -0.2) is 13.4 Å². The minimum absolute atomic E-state index is 0.149. The number of carbonyl (C=O) groups excluding carboxylic acids is 1. The van der Waals surface area contributed by atoms with E-state index in [-0.39, 0.29) is 16.7 Å². The predicted molar refractivity (Wildman–Crippen MR) is 138 cm³/mol. The molecular formula is C24H29ClN4O3S2. The highest BCUT2D eigenvalue weighted by molar-refractivity contribution is 7.89. The second kappa shape index (κ2) is 10.2. The van der Waals surface area contributed by atoms with Gasteiger partial charge >= 0.3 is 0 Å². The molecule has 2 heterocycles. The van der Waals surface area contributed by atoms with Crippen LogP contribution >= 0.6 is 22.9 Å². The van der Waals surface area contributed by atoms with Gasteiger partial charge in [-0.1, -0.05) is 31.5 Å². The minimum atomic E-state index is -3.87. The quantitative estimate of drug-likeness (QED) is 0.502. The second-order valence-electron chi connectivity index (χ2n) is 8.96. The van der Waals surface area contributed by atoms with Crippen LogP contribution in [0, 0.1) is 12.8 Å². The smallest absolute Gasteiger partial charge is 0.241 e. The van der Waals surface area contributed by atoms with Crippen molar-refractivity contribution in [3.8, 4) is 0 Å². The van der Waals surface area contributed by atoms with Crippen LogP contribution in [-0.4, -0.2) is 56.4 Å². The average molecular weight is 521 g/mol. The highest BCUT2D eigenvalue weighted by Crippen LogP contribution is 2.25. The van der Waals surface area contributed by atoms with Crippen molar-refractivity contribution in [1.82, 2.24) is 14.6 Å². The van der Waals surface area contributed by atoms with Crippen molar-refractivity contribution >= 4 is 54.8 Å². The summed E-state index contributed by atoms with van der Waals surface area (Å²) in [4.78, 5) is 21.9. The molecule has 34 heavy (non-hydrogen) atoms. The van der Waals surface area contributed by atoms with E-state index < -0.39 is 16.1 Å².